The maximum atomic E-state index is 12.0. The molecule has 0 bridgehead atoms. The largest absolute Gasteiger partial charge is 0.494 e. The number of non-ortho nitro benzene ring substituents is 1. The number of amides is 1. The number of rotatable bonds is 9. The van der Waals surface area contributed by atoms with Crippen LogP contribution in [-0.4, -0.2) is 30.3 Å². The summed E-state index contributed by atoms with van der Waals surface area (Å²) in [6.45, 7) is 4.82. The van der Waals surface area contributed by atoms with Gasteiger partial charge in [-0.05, 0) is 31.5 Å². The van der Waals surface area contributed by atoms with E-state index >= 15 is 0 Å². The predicted octanol–water partition coefficient (Wildman–Crippen LogP) is 3.09. The van der Waals surface area contributed by atoms with Gasteiger partial charge >= 0.3 is 0 Å². The number of hydrogen-bond acceptors (Lipinski definition) is 6. The van der Waals surface area contributed by atoms with Crippen LogP contribution in [0.15, 0.2) is 47.6 Å². The SMILES string of the molecule is CCOc1ccc(/C=N\NC(=O)Cc2ccc([N+](=O)[O-])cc2)c(OCC)c1. The summed E-state index contributed by atoms with van der Waals surface area (Å²) in [4.78, 5) is 22.1. The van der Waals surface area contributed by atoms with Gasteiger partial charge in [-0.2, -0.15) is 5.10 Å². The zero-order valence-electron chi connectivity index (χ0n) is 15.2. The molecule has 0 aliphatic heterocycles. The molecule has 2 aromatic rings. The Balaban J connectivity index is 1.97. The first kappa shape index (κ1) is 19.9. The summed E-state index contributed by atoms with van der Waals surface area (Å²) in [5, 5.41) is 14.6. The van der Waals surface area contributed by atoms with E-state index in [0.29, 0.717) is 35.8 Å². The minimum Gasteiger partial charge on any atom is -0.494 e. The molecule has 1 amide bonds. The van der Waals surface area contributed by atoms with E-state index in [1.807, 2.05) is 13.8 Å². The fourth-order valence-corrected chi connectivity index (χ4v) is 2.29. The number of nitrogens with zero attached hydrogens (tertiary/aromatic N) is 2. The second kappa shape index (κ2) is 9.91. The molecule has 27 heavy (non-hydrogen) atoms. The third-order valence-corrected chi connectivity index (χ3v) is 3.50. The van der Waals surface area contributed by atoms with Crippen LogP contribution >= 0.6 is 0 Å². The highest BCUT2D eigenvalue weighted by Crippen LogP contribution is 2.24. The number of hydrogen-bond donors (Lipinski definition) is 1. The molecule has 0 saturated heterocycles. The van der Waals surface area contributed by atoms with Crippen molar-refractivity contribution in [2.45, 2.75) is 20.3 Å². The molecule has 2 rings (SSSR count). The van der Waals surface area contributed by atoms with E-state index in [1.54, 1.807) is 30.3 Å². The third kappa shape index (κ3) is 6.10. The summed E-state index contributed by atoms with van der Waals surface area (Å²) in [6, 6.07) is 11.2. The van der Waals surface area contributed by atoms with E-state index in [4.69, 9.17) is 9.47 Å². The number of nitro groups is 1. The minimum absolute atomic E-state index is 0.0175. The van der Waals surface area contributed by atoms with E-state index in [-0.39, 0.29) is 18.0 Å². The zero-order valence-corrected chi connectivity index (χ0v) is 15.2. The highest BCUT2D eigenvalue weighted by Gasteiger charge is 2.07. The Morgan fingerprint density at radius 1 is 1.15 bits per heavy atom. The molecule has 0 aliphatic carbocycles. The van der Waals surface area contributed by atoms with E-state index < -0.39 is 4.92 Å². The lowest BCUT2D eigenvalue weighted by molar-refractivity contribution is -0.384. The Bertz CT molecular complexity index is 819. The molecular formula is C19H21N3O5. The molecule has 8 heteroatoms. The van der Waals surface area contributed by atoms with Gasteiger partial charge in [-0.25, -0.2) is 5.43 Å². The smallest absolute Gasteiger partial charge is 0.269 e. The maximum absolute atomic E-state index is 12.0. The molecule has 1 N–H and O–H groups in total. The minimum atomic E-state index is -0.485. The Morgan fingerprint density at radius 3 is 2.48 bits per heavy atom. The van der Waals surface area contributed by atoms with Gasteiger partial charge in [0.1, 0.15) is 11.5 Å². The summed E-state index contributed by atoms with van der Waals surface area (Å²) in [5.41, 5.74) is 3.78. The van der Waals surface area contributed by atoms with E-state index in [9.17, 15) is 14.9 Å². The highest BCUT2D eigenvalue weighted by atomic mass is 16.6. The molecule has 0 spiro atoms. The second-order valence-corrected chi connectivity index (χ2v) is 5.46. The molecule has 0 fully saturated rings. The van der Waals surface area contributed by atoms with Crippen molar-refractivity contribution in [2.24, 2.45) is 5.10 Å². The van der Waals surface area contributed by atoms with E-state index in [0.717, 1.165) is 0 Å². The molecule has 0 aromatic heterocycles. The van der Waals surface area contributed by atoms with Gasteiger partial charge in [-0.1, -0.05) is 12.1 Å². The van der Waals surface area contributed by atoms with Gasteiger partial charge in [-0.15, -0.1) is 0 Å². The first-order valence-corrected chi connectivity index (χ1v) is 8.48. The van der Waals surface area contributed by atoms with Crippen molar-refractivity contribution < 1.29 is 19.2 Å². The zero-order chi connectivity index (χ0) is 19.6. The monoisotopic (exact) mass is 371 g/mol. The Hall–Kier alpha value is -3.42. The Labute approximate surface area is 157 Å². The van der Waals surface area contributed by atoms with Crippen molar-refractivity contribution in [3.63, 3.8) is 0 Å². The van der Waals surface area contributed by atoms with Gasteiger partial charge in [-0.3, -0.25) is 14.9 Å². The van der Waals surface area contributed by atoms with Crippen LogP contribution in [0.25, 0.3) is 0 Å². The van der Waals surface area contributed by atoms with E-state index in [1.165, 1.54) is 18.3 Å². The van der Waals surface area contributed by atoms with Gasteiger partial charge in [0.25, 0.3) is 5.69 Å². The van der Waals surface area contributed by atoms with Crippen molar-refractivity contribution in [2.75, 3.05) is 13.2 Å². The number of carbonyl (C=O) groups excluding carboxylic acids is 1. The predicted molar refractivity (Wildman–Crippen MR) is 101 cm³/mol. The van der Waals surface area contributed by atoms with Crippen molar-refractivity contribution in [1.82, 2.24) is 5.43 Å². The van der Waals surface area contributed by atoms with Crippen LogP contribution in [-0.2, 0) is 11.2 Å². The molecule has 0 aliphatic rings. The van der Waals surface area contributed by atoms with Crippen LogP contribution < -0.4 is 14.9 Å². The third-order valence-electron chi connectivity index (χ3n) is 3.50. The van der Waals surface area contributed by atoms with Crippen molar-refractivity contribution >= 4 is 17.8 Å². The lowest BCUT2D eigenvalue weighted by Crippen LogP contribution is -2.19. The molecule has 2 aromatic carbocycles. The molecule has 0 unspecified atom stereocenters. The number of ether oxygens (including phenoxy) is 2. The fraction of sp³-hybridized carbons (Fsp3) is 0.263. The van der Waals surface area contributed by atoms with Gasteiger partial charge < -0.3 is 9.47 Å². The van der Waals surface area contributed by atoms with Crippen molar-refractivity contribution in [3.8, 4) is 11.5 Å². The first-order valence-electron chi connectivity index (χ1n) is 8.48. The quantitative estimate of drug-likeness (QED) is 0.414. The summed E-state index contributed by atoms with van der Waals surface area (Å²) in [6.07, 6.45) is 1.56. The van der Waals surface area contributed by atoms with Crippen molar-refractivity contribution in [3.05, 3.63) is 63.7 Å². The van der Waals surface area contributed by atoms with Crippen LogP contribution in [0.5, 0.6) is 11.5 Å². The van der Waals surface area contributed by atoms with Crippen LogP contribution in [0.2, 0.25) is 0 Å². The summed E-state index contributed by atoms with van der Waals surface area (Å²) < 4.78 is 11.0. The van der Waals surface area contributed by atoms with Crippen LogP contribution in [0.4, 0.5) is 5.69 Å². The van der Waals surface area contributed by atoms with Gasteiger partial charge in [0.2, 0.25) is 5.91 Å². The van der Waals surface area contributed by atoms with E-state index in [2.05, 4.69) is 10.5 Å². The number of hydrazone groups is 1. The standard InChI is InChI=1S/C19H21N3O5/c1-3-26-17-10-7-15(18(12-17)27-4-2)13-20-21-19(23)11-14-5-8-16(9-6-14)22(24)25/h5-10,12-13H,3-4,11H2,1-2H3,(H,21,23)/b20-13-. The second-order valence-electron chi connectivity index (χ2n) is 5.46. The maximum Gasteiger partial charge on any atom is 0.269 e. The van der Waals surface area contributed by atoms with Gasteiger partial charge in [0.15, 0.2) is 0 Å². The molecule has 0 heterocycles. The van der Waals surface area contributed by atoms with Gasteiger partial charge in [0, 0.05) is 23.8 Å². The number of nitrogens with one attached hydrogen (secondary N) is 1. The average molecular weight is 371 g/mol. The average Bonchev–Trinajstić information content (AvgIpc) is 2.64. The topological polar surface area (TPSA) is 103 Å². The first-order chi connectivity index (χ1) is 13.0. The summed E-state index contributed by atoms with van der Waals surface area (Å²) in [7, 11) is 0. The lowest BCUT2D eigenvalue weighted by Gasteiger charge is -2.10. The van der Waals surface area contributed by atoms with Gasteiger partial charge in [0.05, 0.1) is 30.8 Å². The molecule has 0 atom stereocenters. The molecule has 8 nitrogen and oxygen atoms in total. The summed E-state index contributed by atoms with van der Waals surface area (Å²) in [5.74, 6) is 0.973. The number of carbonyl (C=O) groups is 1. The van der Waals surface area contributed by atoms with Crippen LogP contribution in [0.1, 0.15) is 25.0 Å². The normalized spacial score (nSPS) is 10.6. The highest BCUT2D eigenvalue weighted by molar-refractivity contribution is 5.86. The fourth-order valence-electron chi connectivity index (χ4n) is 2.29. The lowest BCUT2D eigenvalue weighted by atomic mass is 10.1. The summed E-state index contributed by atoms with van der Waals surface area (Å²) >= 11 is 0. The molecule has 0 saturated carbocycles. The van der Waals surface area contributed by atoms with Crippen molar-refractivity contribution in [1.29, 1.82) is 0 Å². The molecular weight excluding hydrogens is 350 g/mol. The number of nitro benzene ring substituents is 1. The molecule has 0 radical (unpaired) electrons. The Morgan fingerprint density at radius 2 is 1.85 bits per heavy atom. The number of benzene rings is 2. The van der Waals surface area contributed by atoms with Crippen LogP contribution in [0.3, 0.4) is 0 Å². The molecule has 142 valence electrons. The van der Waals surface area contributed by atoms with Crippen LogP contribution in [0, 0.1) is 10.1 Å². The Kier molecular flexibility index (Phi) is 7.30.